The molecule has 4 atom stereocenters. The Hall–Kier alpha value is -1.03. The van der Waals surface area contributed by atoms with Crippen LogP contribution in [0, 0.1) is 34.5 Å². The molecular formula is C19H29N. The second-order valence-corrected chi connectivity index (χ2v) is 7.40. The molecule has 0 amide bonds. The first-order valence-corrected chi connectivity index (χ1v) is 8.22. The minimum absolute atomic E-state index is 0.246. The Kier molecular flexibility index (Phi) is 4.74. The summed E-state index contributed by atoms with van der Waals surface area (Å²) in [6, 6.07) is 2.61. The van der Waals surface area contributed by atoms with Crippen molar-refractivity contribution in [2.75, 3.05) is 0 Å². The van der Waals surface area contributed by atoms with Gasteiger partial charge in [0.1, 0.15) is 0 Å². The molecule has 20 heavy (non-hydrogen) atoms. The van der Waals surface area contributed by atoms with E-state index in [0.717, 1.165) is 12.8 Å². The number of rotatable bonds is 4. The highest BCUT2D eigenvalue weighted by molar-refractivity contribution is 5.25. The van der Waals surface area contributed by atoms with Gasteiger partial charge in [0.2, 0.25) is 0 Å². The van der Waals surface area contributed by atoms with E-state index < -0.39 is 0 Å². The predicted molar refractivity (Wildman–Crippen MR) is 85.1 cm³/mol. The predicted octanol–water partition coefficient (Wildman–Crippen LogP) is 5.65. The van der Waals surface area contributed by atoms with Gasteiger partial charge in [-0.1, -0.05) is 37.5 Å². The van der Waals surface area contributed by atoms with Crippen LogP contribution in [0.5, 0.6) is 0 Å². The van der Waals surface area contributed by atoms with Gasteiger partial charge in [0.15, 0.2) is 0 Å². The molecule has 0 heterocycles. The van der Waals surface area contributed by atoms with Crippen LogP contribution in [0.1, 0.15) is 65.7 Å². The van der Waals surface area contributed by atoms with Gasteiger partial charge in [0.05, 0.1) is 12.0 Å². The van der Waals surface area contributed by atoms with E-state index in [4.69, 9.17) is 0 Å². The molecular weight excluding hydrogens is 242 g/mol. The summed E-state index contributed by atoms with van der Waals surface area (Å²) in [5.74, 6) is 1.31. The zero-order chi connectivity index (χ0) is 14.8. The first-order chi connectivity index (χ1) is 9.48. The highest BCUT2D eigenvalue weighted by Crippen LogP contribution is 2.53. The van der Waals surface area contributed by atoms with Crippen LogP contribution >= 0.6 is 0 Å². The summed E-state index contributed by atoms with van der Waals surface area (Å²) in [6.07, 6.45) is 11.0. The van der Waals surface area contributed by atoms with Crippen molar-refractivity contribution >= 4 is 0 Å². The molecule has 0 aromatic carbocycles. The fourth-order valence-electron chi connectivity index (χ4n) is 4.35. The lowest BCUT2D eigenvalue weighted by Gasteiger charge is -2.46. The van der Waals surface area contributed by atoms with Gasteiger partial charge in [0, 0.05) is 0 Å². The summed E-state index contributed by atoms with van der Waals surface area (Å²) in [5.41, 5.74) is 3.25. The number of fused-ring (bicyclic) bond motifs is 1. The highest BCUT2D eigenvalue weighted by Gasteiger charge is 2.43. The molecule has 0 aromatic rings. The molecule has 0 radical (unpaired) electrons. The summed E-state index contributed by atoms with van der Waals surface area (Å²) in [4.78, 5) is 0. The topological polar surface area (TPSA) is 23.8 Å². The Bertz CT molecular complexity index is 439. The number of nitriles is 1. The van der Waals surface area contributed by atoms with Gasteiger partial charge in [-0.15, -0.1) is 6.58 Å². The van der Waals surface area contributed by atoms with Crippen LogP contribution in [0.2, 0.25) is 0 Å². The van der Waals surface area contributed by atoms with Gasteiger partial charge < -0.3 is 0 Å². The zero-order valence-electron chi connectivity index (χ0n) is 13.4. The summed E-state index contributed by atoms with van der Waals surface area (Å²) in [6.45, 7) is 10.8. The normalized spacial score (nSPS) is 36.7. The maximum atomic E-state index is 9.53. The van der Waals surface area contributed by atoms with Gasteiger partial charge in [-0.2, -0.15) is 5.26 Å². The van der Waals surface area contributed by atoms with Crippen LogP contribution in [0.4, 0.5) is 0 Å². The number of nitrogens with zero attached hydrogens (tertiary/aromatic N) is 1. The molecule has 2 aliphatic rings. The number of hydrogen-bond acceptors (Lipinski definition) is 1. The largest absolute Gasteiger partial charge is 0.198 e. The van der Waals surface area contributed by atoms with Crippen molar-refractivity contribution in [3.8, 4) is 6.07 Å². The third-order valence-electron chi connectivity index (χ3n) is 5.58. The second-order valence-electron chi connectivity index (χ2n) is 7.40. The average molecular weight is 271 g/mol. The lowest BCUT2D eigenvalue weighted by atomic mass is 9.57. The van der Waals surface area contributed by atoms with Gasteiger partial charge in [-0.3, -0.25) is 0 Å². The molecule has 2 rings (SSSR count). The Morgan fingerprint density at radius 2 is 2.30 bits per heavy atom. The van der Waals surface area contributed by atoms with Gasteiger partial charge in [0.25, 0.3) is 0 Å². The minimum Gasteiger partial charge on any atom is -0.198 e. The van der Waals surface area contributed by atoms with Crippen molar-refractivity contribution in [3.63, 3.8) is 0 Å². The molecule has 0 bridgehead atoms. The standard InChI is InChI=1S/C19H29N/c1-14(2)7-5-11-19(4)12-6-8-16-17(13-20)15(3)9-10-18(16)19/h10,15-17H,1,5-9,11-12H2,2-4H3/t15-,16+,17?,19-/m0/s1. The van der Waals surface area contributed by atoms with E-state index in [1.807, 2.05) is 0 Å². The monoisotopic (exact) mass is 271 g/mol. The SMILES string of the molecule is C=C(C)CCC[C@@]1(C)CCC[C@H]2C1=CC[C@H](C)C2C#N. The molecule has 0 spiro atoms. The van der Waals surface area contributed by atoms with E-state index in [0.29, 0.717) is 17.3 Å². The number of allylic oxidation sites excluding steroid dienone is 3. The third kappa shape index (κ3) is 3.00. The van der Waals surface area contributed by atoms with Crippen LogP contribution in [0.3, 0.4) is 0 Å². The summed E-state index contributed by atoms with van der Waals surface area (Å²) >= 11 is 0. The first-order valence-electron chi connectivity index (χ1n) is 8.22. The van der Waals surface area contributed by atoms with E-state index in [1.165, 1.54) is 37.7 Å². The molecule has 1 nitrogen and oxygen atoms in total. The van der Waals surface area contributed by atoms with E-state index in [9.17, 15) is 5.26 Å². The van der Waals surface area contributed by atoms with Gasteiger partial charge in [-0.05, 0) is 62.7 Å². The number of hydrogen-bond donors (Lipinski definition) is 0. The average Bonchev–Trinajstić information content (AvgIpc) is 2.38. The second kappa shape index (κ2) is 6.17. The lowest BCUT2D eigenvalue weighted by molar-refractivity contribution is 0.174. The van der Waals surface area contributed by atoms with Crippen LogP contribution < -0.4 is 0 Å². The molecule has 1 unspecified atom stereocenters. The van der Waals surface area contributed by atoms with Crippen molar-refractivity contribution < 1.29 is 0 Å². The molecule has 0 N–H and O–H groups in total. The summed E-state index contributed by atoms with van der Waals surface area (Å²) < 4.78 is 0. The Labute approximate surface area is 124 Å². The van der Waals surface area contributed by atoms with Crippen molar-refractivity contribution in [1.29, 1.82) is 5.26 Å². The van der Waals surface area contributed by atoms with Crippen molar-refractivity contribution in [2.45, 2.75) is 65.7 Å². The van der Waals surface area contributed by atoms with Crippen molar-refractivity contribution in [1.82, 2.24) is 0 Å². The molecule has 1 heteroatoms. The molecule has 0 aromatic heterocycles. The van der Waals surface area contributed by atoms with Crippen LogP contribution in [0.15, 0.2) is 23.8 Å². The van der Waals surface area contributed by atoms with E-state index in [1.54, 1.807) is 5.57 Å². The highest BCUT2D eigenvalue weighted by atomic mass is 14.5. The Balaban J connectivity index is 2.14. The molecule has 110 valence electrons. The van der Waals surface area contributed by atoms with Crippen LogP contribution in [-0.2, 0) is 0 Å². The van der Waals surface area contributed by atoms with E-state index >= 15 is 0 Å². The van der Waals surface area contributed by atoms with E-state index in [2.05, 4.69) is 39.5 Å². The van der Waals surface area contributed by atoms with Crippen LogP contribution in [0.25, 0.3) is 0 Å². The van der Waals surface area contributed by atoms with E-state index in [-0.39, 0.29) is 5.92 Å². The minimum atomic E-state index is 0.246. The van der Waals surface area contributed by atoms with Crippen molar-refractivity contribution in [3.05, 3.63) is 23.8 Å². The fraction of sp³-hybridized carbons (Fsp3) is 0.737. The fourth-order valence-corrected chi connectivity index (χ4v) is 4.35. The summed E-state index contributed by atoms with van der Waals surface area (Å²) in [5, 5.41) is 9.53. The third-order valence-corrected chi connectivity index (χ3v) is 5.58. The van der Waals surface area contributed by atoms with Crippen molar-refractivity contribution in [2.24, 2.45) is 23.2 Å². The molecule has 0 aliphatic heterocycles. The lowest BCUT2D eigenvalue weighted by Crippen LogP contribution is -2.37. The molecule has 2 aliphatic carbocycles. The van der Waals surface area contributed by atoms with Gasteiger partial charge in [-0.25, -0.2) is 0 Å². The summed E-state index contributed by atoms with van der Waals surface area (Å²) in [7, 11) is 0. The molecule has 1 saturated carbocycles. The zero-order valence-corrected chi connectivity index (χ0v) is 13.4. The van der Waals surface area contributed by atoms with Crippen LogP contribution in [-0.4, -0.2) is 0 Å². The smallest absolute Gasteiger partial charge is 0.0665 e. The Morgan fingerprint density at radius 1 is 1.55 bits per heavy atom. The molecule has 0 saturated heterocycles. The maximum absolute atomic E-state index is 9.53. The molecule has 1 fully saturated rings. The van der Waals surface area contributed by atoms with Gasteiger partial charge >= 0.3 is 0 Å². The maximum Gasteiger partial charge on any atom is 0.0665 e. The quantitative estimate of drug-likeness (QED) is 0.606. The Morgan fingerprint density at radius 3 is 2.95 bits per heavy atom. The first kappa shape index (κ1) is 15.4.